The first-order valence-corrected chi connectivity index (χ1v) is 6.59. The number of aliphatic hydroxyl groups excluding tert-OH is 1. The number of rotatable bonds is 2. The molecule has 1 aromatic carbocycles. The van der Waals surface area contributed by atoms with E-state index in [1.54, 1.807) is 0 Å². The molecule has 1 saturated heterocycles. The summed E-state index contributed by atoms with van der Waals surface area (Å²) in [5.41, 5.74) is 0. The second kappa shape index (κ2) is 4.52. The molecular formula is C10H10F3NO3S. The van der Waals surface area contributed by atoms with Gasteiger partial charge in [0.25, 0.3) is 0 Å². The number of aliphatic hydroxyl groups is 1. The molecule has 1 N–H and O–H groups in total. The highest BCUT2D eigenvalue weighted by molar-refractivity contribution is 7.89. The van der Waals surface area contributed by atoms with E-state index in [9.17, 15) is 26.7 Å². The maximum absolute atomic E-state index is 13.4. The molecule has 1 aromatic rings. The van der Waals surface area contributed by atoms with Gasteiger partial charge in [-0.2, -0.15) is 4.31 Å². The first-order chi connectivity index (χ1) is 8.32. The Kier molecular flexibility index (Phi) is 3.35. The molecule has 0 bridgehead atoms. The Bertz CT molecular complexity index is 553. The zero-order valence-electron chi connectivity index (χ0n) is 9.11. The van der Waals surface area contributed by atoms with Crippen LogP contribution in [0.5, 0.6) is 0 Å². The molecule has 0 saturated carbocycles. The molecule has 18 heavy (non-hydrogen) atoms. The Morgan fingerprint density at radius 1 is 1.22 bits per heavy atom. The summed E-state index contributed by atoms with van der Waals surface area (Å²) in [4.78, 5) is -1.18. The highest BCUT2D eigenvalue weighted by atomic mass is 32.2. The van der Waals surface area contributed by atoms with E-state index in [0.29, 0.717) is 12.1 Å². The lowest BCUT2D eigenvalue weighted by atomic mass is 10.3. The quantitative estimate of drug-likeness (QED) is 0.874. The van der Waals surface area contributed by atoms with Crippen molar-refractivity contribution >= 4 is 10.0 Å². The van der Waals surface area contributed by atoms with Gasteiger partial charge in [0.15, 0.2) is 4.90 Å². The minimum Gasteiger partial charge on any atom is -0.392 e. The maximum Gasteiger partial charge on any atom is 0.249 e. The predicted octanol–water partition coefficient (Wildman–Crippen LogP) is 0.859. The molecule has 1 fully saturated rings. The molecule has 0 aliphatic carbocycles. The van der Waals surface area contributed by atoms with Crippen LogP contribution in [0.15, 0.2) is 17.0 Å². The van der Waals surface area contributed by atoms with Crippen LogP contribution >= 0.6 is 0 Å². The number of nitrogens with zero attached hydrogens (tertiary/aromatic N) is 1. The van der Waals surface area contributed by atoms with Gasteiger partial charge in [0.1, 0.15) is 17.5 Å². The van der Waals surface area contributed by atoms with Crippen molar-refractivity contribution in [2.75, 3.05) is 13.1 Å². The molecule has 0 amide bonds. The van der Waals surface area contributed by atoms with Crippen LogP contribution in [0.4, 0.5) is 13.2 Å². The molecule has 0 spiro atoms. The van der Waals surface area contributed by atoms with Gasteiger partial charge in [-0.1, -0.05) is 0 Å². The lowest BCUT2D eigenvalue weighted by Gasteiger charge is -2.16. The number of benzene rings is 1. The number of sulfonamides is 1. The number of hydrogen-bond donors (Lipinski definition) is 1. The van der Waals surface area contributed by atoms with Gasteiger partial charge in [0.05, 0.1) is 6.10 Å². The lowest BCUT2D eigenvalue weighted by Crippen LogP contribution is -2.31. The van der Waals surface area contributed by atoms with Gasteiger partial charge in [-0.05, 0) is 6.42 Å². The molecule has 0 radical (unpaired) electrons. The normalized spacial score (nSPS) is 21.4. The van der Waals surface area contributed by atoms with Crippen LogP contribution in [-0.2, 0) is 10.0 Å². The predicted molar refractivity (Wildman–Crippen MR) is 55.7 cm³/mol. The van der Waals surface area contributed by atoms with E-state index in [4.69, 9.17) is 0 Å². The average molecular weight is 281 g/mol. The maximum atomic E-state index is 13.4. The van der Waals surface area contributed by atoms with Crippen LogP contribution in [-0.4, -0.2) is 37.0 Å². The van der Waals surface area contributed by atoms with Gasteiger partial charge >= 0.3 is 0 Å². The summed E-state index contributed by atoms with van der Waals surface area (Å²) in [5, 5.41) is 9.24. The standard InChI is InChI=1S/C10H10F3NO3S/c11-6-3-8(12)10(9(13)4-6)18(16,17)14-2-1-7(15)5-14/h3-4,7,15H,1-2,5H2/t7-/m1/s1. The third-order valence-electron chi connectivity index (χ3n) is 2.69. The Morgan fingerprint density at radius 2 is 1.78 bits per heavy atom. The van der Waals surface area contributed by atoms with Gasteiger partial charge in [-0.25, -0.2) is 21.6 Å². The molecular weight excluding hydrogens is 271 g/mol. The van der Waals surface area contributed by atoms with Crippen molar-refractivity contribution in [1.29, 1.82) is 0 Å². The smallest absolute Gasteiger partial charge is 0.249 e. The topological polar surface area (TPSA) is 57.6 Å². The highest BCUT2D eigenvalue weighted by Gasteiger charge is 2.35. The summed E-state index contributed by atoms with van der Waals surface area (Å²) in [6, 6.07) is 0.616. The zero-order chi connectivity index (χ0) is 13.5. The number of hydrogen-bond acceptors (Lipinski definition) is 3. The summed E-state index contributed by atoms with van der Waals surface area (Å²) in [6.45, 7) is -0.252. The summed E-state index contributed by atoms with van der Waals surface area (Å²) >= 11 is 0. The average Bonchev–Trinajstić information content (AvgIpc) is 2.63. The van der Waals surface area contributed by atoms with E-state index in [1.807, 2.05) is 0 Å². The summed E-state index contributed by atoms with van der Waals surface area (Å²) in [5.74, 6) is -4.15. The Hall–Kier alpha value is -1.12. The van der Waals surface area contributed by atoms with Gasteiger partial charge in [-0.15, -0.1) is 0 Å². The molecule has 1 heterocycles. The van der Waals surface area contributed by atoms with Crippen LogP contribution in [0.1, 0.15) is 6.42 Å². The van der Waals surface area contributed by atoms with Crippen molar-refractivity contribution < 1.29 is 26.7 Å². The van der Waals surface area contributed by atoms with Crippen LogP contribution in [0.25, 0.3) is 0 Å². The summed E-state index contributed by atoms with van der Waals surface area (Å²) < 4.78 is 64.2. The van der Waals surface area contributed by atoms with E-state index in [1.165, 1.54) is 0 Å². The molecule has 0 aromatic heterocycles. The van der Waals surface area contributed by atoms with E-state index >= 15 is 0 Å². The first-order valence-electron chi connectivity index (χ1n) is 5.15. The Balaban J connectivity index is 2.48. The minimum atomic E-state index is -4.39. The zero-order valence-corrected chi connectivity index (χ0v) is 9.92. The molecule has 100 valence electrons. The van der Waals surface area contributed by atoms with E-state index < -0.39 is 38.5 Å². The first kappa shape index (κ1) is 13.3. The van der Waals surface area contributed by atoms with Gasteiger partial charge in [0.2, 0.25) is 10.0 Å². The van der Waals surface area contributed by atoms with Crippen molar-refractivity contribution in [2.24, 2.45) is 0 Å². The van der Waals surface area contributed by atoms with Gasteiger partial charge in [-0.3, -0.25) is 0 Å². The van der Waals surface area contributed by atoms with Crippen molar-refractivity contribution in [3.05, 3.63) is 29.6 Å². The fourth-order valence-electron chi connectivity index (χ4n) is 1.83. The monoisotopic (exact) mass is 281 g/mol. The van der Waals surface area contributed by atoms with Crippen LogP contribution < -0.4 is 0 Å². The fraction of sp³-hybridized carbons (Fsp3) is 0.400. The molecule has 0 unspecified atom stereocenters. The largest absolute Gasteiger partial charge is 0.392 e. The molecule has 1 aliphatic rings. The summed E-state index contributed by atoms with van der Waals surface area (Å²) in [7, 11) is -4.39. The van der Waals surface area contributed by atoms with Crippen LogP contribution in [0.3, 0.4) is 0 Å². The summed E-state index contributed by atoms with van der Waals surface area (Å²) in [6.07, 6.45) is -0.657. The van der Waals surface area contributed by atoms with Crippen LogP contribution in [0, 0.1) is 17.5 Å². The van der Waals surface area contributed by atoms with Gasteiger partial charge in [0, 0.05) is 25.2 Å². The van der Waals surface area contributed by atoms with E-state index in [-0.39, 0.29) is 19.5 Å². The third-order valence-corrected chi connectivity index (χ3v) is 4.60. The van der Waals surface area contributed by atoms with Crippen molar-refractivity contribution in [1.82, 2.24) is 4.31 Å². The van der Waals surface area contributed by atoms with Gasteiger partial charge < -0.3 is 5.11 Å². The molecule has 2 rings (SSSR count). The van der Waals surface area contributed by atoms with Crippen molar-refractivity contribution in [3.63, 3.8) is 0 Å². The molecule has 4 nitrogen and oxygen atoms in total. The minimum absolute atomic E-state index is 0.0280. The molecule has 8 heteroatoms. The second-order valence-corrected chi connectivity index (χ2v) is 5.88. The highest BCUT2D eigenvalue weighted by Crippen LogP contribution is 2.26. The number of halogens is 3. The van der Waals surface area contributed by atoms with Crippen LogP contribution in [0.2, 0.25) is 0 Å². The SMILES string of the molecule is O=S(=O)(c1c(F)cc(F)cc1F)N1CC[C@@H](O)C1. The Labute approximate surface area is 102 Å². The van der Waals surface area contributed by atoms with E-state index in [2.05, 4.69) is 0 Å². The fourth-order valence-corrected chi connectivity index (χ4v) is 3.42. The second-order valence-electron chi connectivity index (χ2n) is 4.00. The number of β-amino-alcohol motifs (C(OH)–C–C–N with tert-alkyl or cyclic N) is 1. The third kappa shape index (κ3) is 2.23. The molecule has 1 aliphatic heterocycles. The Morgan fingerprint density at radius 3 is 2.22 bits per heavy atom. The van der Waals surface area contributed by atoms with E-state index in [0.717, 1.165) is 4.31 Å². The van der Waals surface area contributed by atoms with Crippen molar-refractivity contribution in [2.45, 2.75) is 17.4 Å². The molecule has 1 atom stereocenters. The lowest BCUT2D eigenvalue weighted by molar-refractivity contribution is 0.189. The van der Waals surface area contributed by atoms with Crippen molar-refractivity contribution in [3.8, 4) is 0 Å².